The summed E-state index contributed by atoms with van der Waals surface area (Å²) in [6, 6.07) is 17.9. The number of fused-ring (bicyclic) bond motifs is 1. The SMILES string of the molecule is CCC(Sc1nc(C)nc2ccccc12)C(=O)NC(C)c1ccccc1. The van der Waals surface area contributed by atoms with Gasteiger partial charge < -0.3 is 5.32 Å². The number of benzene rings is 2. The van der Waals surface area contributed by atoms with Gasteiger partial charge in [-0.3, -0.25) is 4.79 Å². The van der Waals surface area contributed by atoms with Crippen LogP contribution in [0.5, 0.6) is 0 Å². The maximum absolute atomic E-state index is 12.8. The smallest absolute Gasteiger partial charge is 0.234 e. The monoisotopic (exact) mass is 365 g/mol. The molecular formula is C21H23N3OS. The van der Waals surface area contributed by atoms with E-state index in [-0.39, 0.29) is 17.2 Å². The van der Waals surface area contributed by atoms with Crippen LogP contribution in [-0.4, -0.2) is 21.1 Å². The summed E-state index contributed by atoms with van der Waals surface area (Å²) in [6.45, 7) is 5.92. The highest BCUT2D eigenvalue weighted by molar-refractivity contribution is 8.00. The second kappa shape index (κ2) is 8.32. The Bertz CT molecular complexity index is 898. The van der Waals surface area contributed by atoms with Crippen LogP contribution in [-0.2, 0) is 4.79 Å². The Morgan fingerprint density at radius 1 is 1.08 bits per heavy atom. The van der Waals surface area contributed by atoms with Crippen LogP contribution in [0.3, 0.4) is 0 Å². The molecule has 0 spiro atoms. The van der Waals surface area contributed by atoms with Crippen LogP contribution in [0.1, 0.15) is 37.7 Å². The van der Waals surface area contributed by atoms with Gasteiger partial charge in [-0.05, 0) is 31.9 Å². The van der Waals surface area contributed by atoms with E-state index in [0.717, 1.165) is 33.7 Å². The van der Waals surface area contributed by atoms with Crippen molar-refractivity contribution in [3.63, 3.8) is 0 Å². The minimum atomic E-state index is -0.195. The third-order valence-corrected chi connectivity index (χ3v) is 5.62. The van der Waals surface area contributed by atoms with Gasteiger partial charge in [-0.2, -0.15) is 0 Å². The number of amides is 1. The first-order valence-corrected chi connectivity index (χ1v) is 9.71. The van der Waals surface area contributed by atoms with E-state index in [1.807, 2.05) is 75.4 Å². The summed E-state index contributed by atoms with van der Waals surface area (Å²) >= 11 is 1.51. The molecule has 3 aromatic rings. The van der Waals surface area contributed by atoms with Crippen LogP contribution in [0.2, 0.25) is 0 Å². The summed E-state index contributed by atoms with van der Waals surface area (Å²) < 4.78 is 0. The van der Waals surface area contributed by atoms with Crippen molar-refractivity contribution in [1.82, 2.24) is 15.3 Å². The molecule has 134 valence electrons. The number of nitrogens with zero attached hydrogens (tertiary/aromatic N) is 2. The zero-order chi connectivity index (χ0) is 18.5. The molecular weight excluding hydrogens is 342 g/mol. The van der Waals surface area contributed by atoms with Gasteiger partial charge in [0, 0.05) is 5.39 Å². The van der Waals surface area contributed by atoms with Crippen molar-refractivity contribution in [2.75, 3.05) is 0 Å². The molecule has 2 aromatic carbocycles. The van der Waals surface area contributed by atoms with E-state index in [4.69, 9.17) is 0 Å². The average molecular weight is 366 g/mol. The van der Waals surface area contributed by atoms with Gasteiger partial charge in [0.25, 0.3) is 0 Å². The van der Waals surface area contributed by atoms with Crippen molar-refractivity contribution in [3.8, 4) is 0 Å². The molecule has 0 saturated carbocycles. The molecule has 0 aliphatic carbocycles. The molecule has 3 rings (SSSR count). The fraction of sp³-hybridized carbons (Fsp3) is 0.286. The predicted octanol–water partition coefficient (Wildman–Crippen LogP) is 4.69. The molecule has 26 heavy (non-hydrogen) atoms. The number of hydrogen-bond donors (Lipinski definition) is 1. The van der Waals surface area contributed by atoms with Gasteiger partial charge >= 0.3 is 0 Å². The Labute approximate surface area is 158 Å². The van der Waals surface area contributed by atoms with Gasteiger partial charge in [-0.1, -0.05) is 67.2 Å². The van der Waals surface area contributed by atoms with E-state index in [1.54, 1.807) is 0 Å². The van der Waals surface area contributed by atoms with Crippen LogP contribution >= 0.6 is 11.8 Å². The highest BCUT2D eigenvalue weighted by atomic mass is 32.2. The summed E-state index contributed by atoms with van der Waals surface area (Å²) in [7, 11) is 0. The normalized spacial score (nSPS) is 13.3. The number of carbonyl (C=O) groups excluding carboxylic acids is 1. The molecule has 1 aromatic heterocycles. The van der Waals surface area contributed by atoms with Crippen molar-refractivity contribution in [2.24, 2.45) is 0 Å². The molecule has 2 atom stereocenters. The van der Waals surface area contributed by atoms with E-state index in [0.29, 0.717) is 0 Å². The highest BCUT2D eigenvalue weighted by Gasteiger charge is 2.22. The van der Waals surface area contributed by atoms with Crippen LogP contribution in [0, 0.1) is 6.92 Å². The molecule has 0 aliphatic heterocycles. The molecule has 1 heterocycles. The minimum Gasteiger partial charge on any atom is -0.349 e. The maximum atomic E-state index is 12.8. The summed E-state index contributed by atoms with van der Waals surface area (Å²) in [4.78, 5) is 21.9. The first kappa shape index (κ1) is 18.4. The number of para-hydroxylation sites is 1. The van der Waals surface area contributed by atoms with Gasteiger partial charge in [0.15, 0.2) is 0 Å². The van der Waals surface area contributed by atoms with Crippen molar-refractivity contribution in [2.45, 2.75) is 43.5 Å². The fourth-order valence-corrected chi connectivity index (χ4v) is 3.93. The third kappa shape index (κ3) is 4.22. The lowest BCUT2D eigenvalue weighted by atomic mass is 10.1. The Kier molecular flexibility index (Phi) is 5.89. The second-order valence-corrected chi connectivity index (χ2v) is 7.44. The number of rotatable bonds is 6. The van der Waals surface area contributed by atoms with Gasteiger partial charge in [0.05, 0.1) is 16.8 Å². The first-order chi connectivity index (χ1) is 12.6. The number of aromatic nitrogens is 2. The molecule has 0 fully saturated rings. The van der Waals surface area contributed by atoms with Crippen LogP contribution in [0.25, 0.3) is 10.9 Å². The molecule has 1 N–H and O–H groups in total. The van der Waals surface area contributed by atoms with E-state index in [1.165, 1.54) is 11.8 Å². The van der Waals surface area contributed by atoms with Crippen molar-refractivity contribution in [3.05, 3.63) is 66.0 Å². The van der Waals surface area contributed by atoms with E-state index in [2.05, 4.69) is 15.3 Å². The summed E-state index contributed by atoms with van der Waals surface area (Å²) in [5.41, 5.74) is 2.01. The topological polar surface area (TPSA) is 54.9 Å². The number of hydrogen-bond acceptors (Lipinski definition) is 4. The molecule has 0 bridgehead atoms. The Hall–Kier alpha value is -2.40. The lowest BCUT2D eigenvalue weighted by Gasteiger charge is -2.19. The van der Waals surface area contributed by atoms with Gasteiger partial charge in [0.1, 0.15) is 10.9 Å². The molecule has 0 aliphatic rings. The molecule has 1 amide bonds. The summed E-state index contributed by atoms with van der Waals surface area (Å²) in [5, 5.41) is 4.79. The third-order valence-electron chi connectivity index (χ3n) is 4.26. The largest absolute Gasteiger partial charge is 0.349 e. The molecule has 2 unspecified atom stereocenters. The van der Waals surface area contributed by atoms with E-state index in [9.17, 15) is 4.79 Å². The summed E-state index contributed by atoms with van der Waals surface area (Å²) in [5.74, 6) is 0.758. The van der Waals surface area contributed by atoms with Crippen LogP contribution in [0.15, 0.2) is 59.6 Å². The van der Waals surface area contributed by atoms with Gasteiger partial charge in [-0.25, -0.2) is 9.97 Å². The summed E-state index contributed by atoms with van der Waals surface area (Å²) in [6.07, 6.45) is 0.732. The standard InChI is InChI=1S/C21H23N3OS/c1-4-19(20(25)22-14(2)16-10-6-5-7-11-16)26-21-17-12-8-9-13-18(17)23-15(3)24-21/h5-14,19H,4H2,1-3H3,(H,22,25). The fourth-order valence-electron chi connectivity index (χ4n) is 2.84. The van der Waals surface area contributed by atoms with Crippen LogP contribution < -0.4 is 5.32 Å². The maximum Gasteiger partial charge on any atom is 0.234 e. The van der Waals surface area contributed by atoms with Crippen molar-refractivity contribution in [1.29, 1.82) is 0 Å². The van der Waals surface area contributed by atoms with E-state index >= 15 is 0 Å². The average Bonchev–Trinajstić information content (AvgIpc) is 2.66. The Balaban J connectivity index is 1.78. The second-order valence-electron chi connectivity index (χ2n) is 6.25. The predicted molar refractivity (Wildman–Crippen MR) is 107 cm³/mol. The zero-order valence-corrected chi connectivity index (χ0v) is 16.1. The number of thioether (sulfide) groups is 1. The quantitative estimate of drug-likeness (QED) is 0.509. The van der Waals surface area contributed by atoms with Crippen LogP contribution in [0.4, 0.5) is 0 Å². The van der Waals surface area contributed by atoms with Gasteiger partial charge in [0.2, 0.25) is 5.91 Å². The molecule has 5 heteroatoms. The lowest BCUT2D eigenvalue weighted by molar-refractivity contribution is -0.121. The zero-order valence-electron chi connectivity index (χ0n) is 15.3. The lowest BCUT2D eigenvalue weighted by Crippen LogP contribution is -2.34. The highest BCUT2D eigenvalue weighted by Crippen LogP contribution is 2.30. The van der Waals surface area contributed by atoms with Gasteiger partial charge in [-0.15, -0.1) is 0 Å². The number of carbonyl (C=O) groups is 1. The molecule has 0 saturated heterocycles. The first-order valence-electron chi connectivity index (χ1n) is 8.84. The number of nitrogens with one attached hydrogen (secondary N) is 1. The van der Waals surface area contributed by atoms with Crippen molar-refractivity contribution < 1.29 is 4.79 Å². The minimum absolute atomic E-state index is 0.0257. The van der Waals surface area contributed by atoms with E-state index < -0.39 is 0 Å². The number of aryl methyl sites for hydroxylation is 1. The Morgan fingerprint density at radius 2 is 1.77 bits per heavy atom. The molecule has 4 nitrogen and oxygen atoms in total. The van der Waals surface area contributed by atoms with Crippen molar-refractivity contribution >= 4 is 28.6 Å². The Morgan fingerprint density at radius 3 is 2.50 bits per heavy atom. The molecule has 0 radical (unpaired) electrons.